The van der Waals surface area contributed by atoms with Crippen LogP contribution in [0.4, 0.5) is 0 Å². The summed E-state index contributed by atoms with van der Waals surface area (Å²) in [6.45, 7) is 3.70. The number of aryl methyl sites for hydroxylation is 1. The number of aromatic amines is 1. The molecule has 0 aliphatic rings. The molecule has 0 amide bonds. The molecule has 0 saturated heterocycles. The Morgan fingerprint density at radius 3 is 2.90 bits per heavy atom. The zero-order valence-electron chi connectivity index (χ0n) is 17.2. The van der Waals surface area contributed by atoms with Gasteiger partial charge >= 0.3 is 0 Å². The van der Waals surface area contributed by atoms with Gasteiger partial charge in [-0.2, -0.15) is 10.2 Å². The van der Waals surface area contributed by atoms with Gasteiger partial charge in [-0.3, -0.25) is 19.7 Å². The van der Waals surface area contributed by atoms with Crippen molar-refractivity contribution in [2.45, 2.75) is 26.8 Å². The van der Waals surface area contributed by atoms with Gasteiger partial charge in [0.2, 0.25) is 0 Å². The third-order valence-electron chi connectivity index (χ3n) is 4.95. The molecule has 0 bridgehead atoms. The molecule has 9 nitrogen and oxygen atoms in total. The Kier molecular flexibility index (Phi) is 6.14. The molecule has 1 N–H and O–H groups in total. The number of H-pyrrole nitrogens is 1. The number of carbonyl (C=O) groups is 1. The maximum atomic E-state index is 13.2. The number of thiazole rings is 1. The summed E-state index contributed by atoms with van der Waals surface area (Å²) in [5.74, 6) is -0.0320. The highest BCUT2D eigenvalue weighted by molar-refractivity contribution is 14.1. The first-order chi connectivity index (χ1) is 14.9. The molecule has 4 rings (SSSR count). The van der Waals surface area contributed by atoms with Gasteiger partial charge in [0.15, 0.2) is 11.4 Å². The molecule has 0 spiro atoms. The lowest BCUT2D eigenvalue weighted by Gasteiger charge is -2.07. The first-order valence-electron chi connectivity index (χ1n) is 9.54. The molecule has 4 aromatic heterocycles. The van der Waals surface area contributed by atoms with Crippen LogP contribution in [0.25, 0.3) is 21.3 Å². The van der Waals surface area contributed by atoms with Crippen molar-refractivity contribution in [2.24, 2.45) is 12.0 Å². The number of nitrogens with zero attached hydrogens (tertiary/aromatic N) is 6. The van der Waals surface area contributed by atoms with Crippen LogP contribution < -0.4 is 5.56 Å². The Morgan fingerprint density at radius 1 is 1.42 bits per heavy atom. The number of ketones is 1. The van der Waals surface area contributed by atoms with E-state index in [-0.39, 0.29) is 17.9 Å². The van der Waals surface area contributed by atoms with E-state index in [0.717, 1.165) is 26.4 Å². The number of alkyl halides is 1. The minimum Gasteiger partial charge on any atom is -0.323 e. The number of fused-ring (bicyclic) bond motifs is 3. The first kappa shape index (κ1) is 21.6. The molecule has 4 heterocycles. The molecule has 0 atom stereocenters. The summed E-state index contributed by atoms with van der Waals surface area (Å²) >= 11 is 3.57. The maximum absolute atomic E-state index is 13.2. The molecule has 0 unspecified atom stereocenters. The fourth-order valence-corrected chi connectivity index (χ4v) is 4.97. The first-order valence-corrected chi connectivity index (χ1v) is 11.9. The average molecular weight is 549 g/mol. The fraction of sp³-hybridized carbons (Fsp3) is 0.300. The lowest BCUT2D eigenvalue weighted by atomic mass is 10.3. The standard InChI is InChI=1S/C20H20IN7O2S/c1-4-12(24-11(2)15(29)8-21)10-28-20(30)17-14(9-23-28)18-19(27(17)3)25-16(31-18)7-13-5-6-22-26-13/h4-6,9H,7-8,10H2,1-3H3,(H,22,26)/b12-4-,24-11?. The van der Waals surface area contributed by atoms with Crippen molar-refractivity contribution in [2.75, 3.05) is 4.43 Å². The Balaban J connectivity index is 1.71. The van der Waals surface area contributed by atoms with Crippen LogP contribution in [0.5, 0.6) is 0 Å². The van der Waals surface area contributed by atoms with E-state index < -0.39 is 0 Å². The lowest BCUT2D eigenvalue weighted by molar-refractivity contribution is -0.110. The lowest BCUT2D eigenvalue weighted by Crippen LogP contribution is -2.25. The summed E-state index contributed by atoms with van der Waals surface area (Å²) in [4.78, 5) is 34.1. The smallest absolute Gasteiger partial charge is 0.291 e. The summed E-state index contributed by atoms with van der Waals surface area (Å²) in [7, 11) is 1.84. The number of nitrogens with one attached hydrogen (secondary N) is 1. The molecular weight excluding hydrogens is 529 g/mol. The number of aromatic nitrogens is 6. The van der Waals surface area contributed by atoms with Crippen molar-refractivity contribution in [3.8, 4) is 0 Å². The van der Waals surface area contributed by atoms with Gasteiger partial charge in [0.25, 0.3) is 5.56 Å². The average Bonchev–Trinajstić information content (AvgIpc) is 3.48. The molecule has 160 valence electrons. The van der Waals surface area contributed by atoms with Crippen molar-refractivity contribution in [1.29, 1.82) is 0 Å². The highest BCUT2D eigenvalue weighted by Crippen LogP contribution is 2.31. The highest BCUT2D eigenvalue weighted by atomic mass is 127. The predicted octanol–water partition coefficient (Wildman–Crippen LogP) is 3.03. The van der Waals surface area contributed by atoms with Gasteiger partial charge in [0.1, 0.15) is 10.5 Å². The molecule has 0 aromatic carbocycles. The van der Waals surface area contributed by atoms with Crippen LogP contribution in [0.1, 0.15) is 24.5 Å². The van der Waals surface area contributed by atoms with Crippen molar-refractivity contribution >= 4 is 66.7 Å². The maximum Gasteiger partial charge on any atom is 0.291 e. The van der Waals surface area contributed by atoms with Crippen LogP contribution in [0, 0.1) is 0 Å². The second-order valence-electron chi connectivity index (χ2n) is 6.98. The number of allylic oxidation sites excluding steroid dienone is 2. The summed E-state index contributed by atoms with van der Waals surface area (Å²) in [6, 6.07) is 1.92. The number of hydrogen-bond acceptors (Lipinski definition) is 7. The quantitative estimate of drug-likeness (QED) is 0.217. The normalized spacial score (nSPS) is 12.9. The fourth-order valence-electron chi connectivity index (χ4n) is 3.29. The summed E-state index contributed by atoms with van der Waals surface area (Å²) in [6.07, 6.45) is 5.86. The molecule has 0 fully saturated rings. The minimum absolute atomic E-state index is 0.0320. The Hall–Kier alpha value is -2.67. The number of Topliss-reactive ketones (excluding diaryl/α,β-unsaturated/α-hetero) is 1. The monoisotopic (exact) mass is 549 g/mol. The summed E-state index contributed by atoms with van der Waals surface area (Å²) < 4.78 is 4.50. The van der Waals surface area contributed by atoms with E-state index in [1.165, 1.54) is 4.68 Å². The molecule has 0 saturated carbocycles. The van der Waals surface area contributed by atoms with Crippen LogP contribution in [-0.2, 0) is 24.8 Å². The van der Waals surface area contributed by atoms with E-state index in [2.05, 4.69) is 20.3 Å². The second kappa shape index (κ2) is 8.83. The van der Waals surface area contributed by atoms with Gasteiger partial charge in [-0.05, 0) is 19.9 Å². The van der Waals surface area contributed by atoms with Crippen LogP contribution in [0.2, 0.25) is 0 Å². The number of carbonyl (C=O) groups excluding carboxylic acids is 1. The Bertz CT molecular complexity index is 1390. The second-order valence-corrected chi connectivity index (χ2v) is 8.83. The zero-order valence-corrected chi connectivity index (χ0v) is 20.2. The van der Waals surface area contributed by atoms with Crippen LogP contribution in [0.15, 0.2) is 40.0 Å². The van der Waals surface area contributed by atoms with E-state index in [4.69, 9.17) is 4.98 Å². The van der Waals surface area contributed by atoms with Crippen LogP contribution in [0.3, 0.4) is 0 Å². The Labute approximate surface area is 195 Å². The number of rotatable bonds is 7. The highest BCUT2D eigenvalue weighted by Gasteiger charge is 2.19. The third-order valence-corrected chi connectivity index (χ3v) is 6.72. The van der Waals surface area contributed by atoms with Crippen molar-refractivity contribution in [3.63, 3.8) is 0 Å². The van der Waals surface area contributed by atoms with E-state index in [9.17, 15) is 9.59 Å². The Morgan fingerprint density at radius 2 is 2.23 bits per heavy atom. The largest absolute Gasteiger partial charge is 0.323 e. The van der Waals surface area contributed by atoms with Gasteiger partial charge in [-0.1, -0.05) is 28.7 Å². The van der Waals surface area contributed by atoms with Crippen molar-refractivity contribution in [1.82, 2.24) is 29.5 Å². The molecule has 0 aliphatic carbocycles. The molecule has 11 heteroatoms. The number of halogens is 1. The van der Waals surface area contributed by atoms with Gasteiger partial charge in [-0.15, -0.1) is 11.3 Å². The van der Waals surface area contributed by atoms with Gasteiger partial charge < -0.3 is 4.57 Å². The predicted molar refractivity (Wildman–Crippen MR) is 130 cm³/mol. The van der Waals surface area contributed by atoms with Crippen molar-refractivity contribution in [3.05, 3.63) is 51.3 Å². The van der Waals surface area contributed by atoms with Crippen molar-refractivity contribution < 1.29 is 4.79 Å². The van der Waals surface area contributed by atoms with Gasteiger partial charge in [0.05, 0.1) is 33.3 Å². The van der Waals surface area contributed by atoms with E-state index in [1.54, 1.807) is 36.7 Å². The zero-order chi connectivity index (χ0) is 22.1. The van der Waals surface area contributed by atoms with Crippen LogP contribution >= 0.6 is 33.9 Å². The number of hydrogen-bond donors (Lipinski definition) is 1. The number of aliphatic imine (C=N–C) groups is 1. The van der Waals surface area contributed by atoms with E-state index in [1.807, 2.05) is 47.2 Å². The van der Waals surface area contributed by atoms with E-state index >= 15 is 0 Å². The topological polar surface area (TPSA) is 111 Å². The SMILES string of the molecule is C/C=C(/Cn1ncc2c3sc(Cc4ccn[nH]4)nc3n(C)c2c1=O)N=C(C)C(=O)CI. The minimum atomic E-state index is -0.215. The summed E-state index contributed by atoms with van der Waals surface area (Å²) in [5.41, 5.74) is 3.12. The van der Waals surface area contributed by atoms with Gasteiger partial charge in [-0.25, -0.2) is 9.67 Å². The third kappa shape index (κ3) is 4.11. The molecule has 31 heavy (non-hydrogen) atoms. The molecular formula is C20H20IN7O2S. The van der Waals surface area contributed by atoms with Crippen LogP contribution in [-0.4, -0.2) is 45.5 Å². The summed E-state index contributed by atoms with van der Waals surface area (Å²) in [5, 5.41) is 13.0. The van der Waals surface area contributed by atoms with Gasteiger partial charge in [0, 0.05) is 30.7 Å². The van der Waals surface area contributed by atoms with E-state index in [0.29, 0.717) is 27.8 Å². The molecule has 4 aromatic rings. The molecule has 0 aliphatic heterocycles. The molecule has 0 radical (unpaired) electrons.